The molecule has 0 saturated carbocycles. The molecule has 0 fully saturated rings. The third-order valence-corrected chi connectivity index (χ3v) is 5.78. The first kappa shape index (κ1) is 31.4. The predicted octanol–water partition coefficient (Wildman–Crippen LogP) is 1.95. The van der Waals surface area contributed by atoms with Crippen LogP contribution in [0, 0.1) is 5.92 Å². The van der Waals surface area contributed by atoms with Crippen molar-refractivity contribution < 1.29 is 47.2 Å². The highest BCUT2D eigenvalue weighted by Crippen LogP contribution is 2.26. The SMILES string of the molecule is COc1ccc(C(NC(=O)C(N)Cc2ccc(OCC(=O)O)cc2)C(=O)NC(C(C)C)C(O)C(F)(F)F)cc1. The van der Waals surface area contributed by atoms with Gasteiger partial charge in [0.15, 0.2) is 12.7 Å². The van der Waals surface area contributed by atoms with Crippen LogP contribution >= 0.6 is 0 Å². The Morgan fingerprint density at radius 1 is 0.949 bits per heavy atom. The van der Waals surface area contributed by atoms with Gasteiger partial charge in [0.05, 0.1) is 19.2 Å². The molecule has 0 aromatic heterocycles. The Bertz CT molecular complexity index is 1110. The standard InChI is InChI=1S/C26H32F3N3O7/c1-14(2)21(23(35)26(27,28)29)31-25(37)22(16-6-10-17(38-3)11-7-16)32-24(36)19(30)12-15-4-8-18(9-5-15)39-13-20(33)34/h4-11,14,19,21-23,35H,12-13,30H2,1-3H3,(H,31,37)(H,32,36)(H,33,34). The summed E-state index contributed by atoms with van der Waals surface area (Å²) in [5, 5.41) is 23.2. The maximum Gasteiger partial charge on any atom is 0.416 e. The van der Waals surface area contributed by atoms with Gasteiger partial charge in [0.2, 0.25) is 11.8 Å². The highest BCUT2D eigenvalue weighted by Gasteiger charge is 2.45. The van der Waals surface area contributed by atoms with E-state index >= 15 is 0 Å². The van der Waals surface area contributed by atoms with Crippen molar-refractivity contribution in [2.24, 2.45) is 11.7 Å². The van der Waals surface area contributed by atoms with Gasteiger partial charge in [-0.25, -0.2) is 4.79 Å². The lowest BCUT2D eigenvalue weighted by atomic mass is 9.96. The first-order chi connectivity index (χ1) is 18.2. The molecule has 2 aromatic carbocycles. The molecule has 0 aliphatic carbocycles. The summed E-state index contributed by atoms with van der Waals surface area (Å²) in [6.45, 7) is 2.30. The van der Waals surface area contributed by atoms with Crippen molar-refractivity contribution in [2.75, 3.05) is 13.7 Å². The number of nitrogens with two attached hydrogens (primary N) is 1. The molecule has 214 valence electrons. The second kappa shape index (κ2) is 13.8. The van der Waals surface area contributed by atoms with E-state index in [1.165, 1.54) is 57.4 Å². The molecule has 0 bridgehead atoms. The molecule has 13 heteroatoms. The summed E-state index contributed by atoms with van der Waals surface area (Å²) in [6.07, 6.45) is -7.76. The van der Waals surface area contributed by atoms with Gasteiger partial charge in [0, 0.05) is 0 Å². The van der Waals surface area contributed by atoms with Crippen molar-refractivity contribution >= 4 is 17.8 Å². The number of carbonyl (C=O) groups is 3. The molecular formula is C26H32F3N3O7. The van der Waals surface area contributed by atoms with E-state index in [1.54, 1.807) is 12.1 Å². The van der Waals surface area contributed by atoms with E-state index in [2.05, 4.69) is 10.6 Å². The molecule has 2 rings (SSSR count). The third kappa shape index (κ3) is 9.45. The first-order valence-electron chi connectivity index (χ1n) is 11.9. The van der Waals surface area contributed by atoms with Crippen LogP contribution in [0.3, 0.4) is 0 Å². The van der Waals surface area contributed by atoms with Crippen molar-refractivity contribution in [3.8, 4) is 11.5 Å². The zero-order valence-electron chi connectivity index (χ0n) is 21.6. The number of methoxy groups -OCH3 is 1. The van der Waals surface area contributed by atoms with Crippen LogP contribution in [-0.2, 0) is 20.8 Å². The fourth-order valence-electron chi connectivity index (χ4n) is 3.62. The summed E-state index contributed by atoms with van der Waals surface area (Å²) < 4.78 is 49.8. The van der Waals surface area contributed by atoms with E-state index in [9.17, 15) is 32.7 Å². The van der Waals surface area contributed by atoms with Gasteiger partial charge in [0.25, 0.3) is 0 Å². The summed E-state index contributed by atoms with van der Waals surface area (Å²) in [7, 11) is 1.43. The molecule has 39 heavy (non-hydrogen) atoms. The highest BCUT2D eigenvalue weighted by atomic mass is 19.4. The Balaban J connectivity index is 2.21. The maximum atomic E-state index is 13.2. The molecule has 4 atom stereocenters. The average Bonchev–Trinajstić information content (AvgIpc) is 2.88. The molecule has 0 radical (unpaired) electrons. The smallest absolute Gasteiger partial charge is 0.416 e. The second-order valence-corrected chi connectivity index (χ2v) is 9.12. The number of halogens is 3. The van der Waals surface area contributed by atoms with E-state index < -0.39 is 60.7 Å². The lowest BCUT2D eigenvalue weighted by Gasteiger charge is -2.31. The maximum absolute atomic E-state index is 13.2. The molecule has 10 nitrogen and oxygen atoms in total. The van der Waals surface area contributed by atoms with Crippen molar-refractivity contribution in [1.29, 1.82) is 0 Å². The quantitative estimate of drug-likeness (QED) is 0.251. The third-order valence-electron chi connectivity index (χ3n) is 5.78. The zero-order chi connectivity index (χ0) is 29.3. The topological polar surface area (TPSA) is 160 Å². The molecule has 0 aliphatic heterocycles. The molecule has 0 aliphatic rings. The van der Waals surface area contributed by atoms with Crippen LogP contribution < -0.4 is 25.8 Å². The number of aliphatic carboxylic acids is 1. The van der Waals surface area contributed by atoms with E-state index in [1.807, 2.05) is 0 Å². The monoisotopic (exact) mass is 555 g/mol. The van der Waals surface area contributed by atoms with Gasteiger partial charge in [-0.05, 0) is 47.7 Å². The van der Waals surface area contributed by atoms with Crippen molar-refractivity contribution in [2.45, 2.75) is 50.7 Å². The van der Waals surface area contributed by atoms with E-state index in [0.717, 1.165) is 0 Å². The van der Waals surface area contributed by atoms with Gasteiger partial charge in [-0.15, -0.1) is 0 Å². The number of ether oxygens (including phenoxy) is 2. The Morgan fingerprint density at radius 2 is 1.51 bits per heavy atom. The minimum Gasteiger partial charge on any atom is -0.497 e. The summed E-state index contributed by atoms with van der Waals surface area (Å²) in [4.78, 5) is 36.7. The first-order valence-corrected chi connectivity index (χ1v) is 11.9. The summed E-state index contributed by atoms with van der Waals surface area (Å²) in [6, 6.07) is 7.90. The molecule has 2 aromatic rings. The van der Waals surface area contributed by atoms with Gasteiger partial charge in [-0.3, -0.25) is 9.59 Å². The number of carbonyl (C=O) groups excluding carboxylic acids is 2. The lowest BCUT2D eigenvalue weighted by molar-refractivity contribution is -0.215. The second-order valence-electron chi connectivity index (χ2n) is 9.12. The van der Waals surface area contributed by atoms with E-state index in [-0.39, 0.29) is 12.0 Å². The van der Waals surface area contributed by atoms with Crippen LogP contribution in [0.4, 0.5) is 13.2 Å². The summed E-state index contributed by atoms with van der Waals surface area (Å²) >= 11 is 0. The summed E-state index contributed by atoms with van der Waals surface area (Å²) in [5.41, 5.74) is 6.91. The van der Waals surface area contributed by atoms with Crippen LogP contribution in [0.1, 0.15) is 31.0 Å². The number of amides is 2. The molecular weight excluding hydrogens is 523 g/mol. The van der Waals surface area contributed by atoms with Crippen molar-refractivity contribution in [3.05, 3.63) is 59.7 Å². The van der Waals surface area contributed by atoms with Crippen LogP contribution in [0.2, 0.25) is 0 Å². The largest absolute Gasteiger partial charge is 0.497 e. The zero-order valence-corrected chi connectivity index (χ0v) is 21.6. The Labute approximate surface area is 223 Å². The number of rotatable bonds is 13. The fourth-order valence-corrected chi connectivity index (χ4v) is 3.62. The minimum atomic E-state index is -4.97. The van der Waals surface area contributed by atoms with Crippen molar-refractivity contribution in [1.82, 2.24) is 10.6 Å². The Kier molecular flexibility index (Phi) is 11.1. The number of nitrogens with one attached hydrogen (secondary N) is 2. The van der Waals surface area contributed by atoms with Crippen LogP contribution in [-0.4, -0.2) is 66.1 Å². The summed E-state index contributed by atoms with van der Waals surface area (Å²) in [5.74, 6) is -2.90. The number of alkyl halides is 3. The Hall–Kier alpha value is -3.84. The lowest BCUT2D eigenvalue weighted by Crippen LogP contribution is -2.56. The predicted molar refractivity (Wildman–Crippen MR) is 134 cm³/mol. The number of benzene rings is 2. The van der Waals surface area contributed by atoms with Crippen LogP contribution in [0.15, 0.2) is 48.5 Å². The molecule has 0 heterocycles. The Morgan fingerprint density at radius 3 is 2.00 bits per heavy atom. The van der Waals surface area contributed by atoms with Gasteiger partial charge in [-0.1, -0.05) is 38.1 Å². The van der Waals surface area contributed by atoms with Gasteiger partial charge < -0.3 is 36.1 Å². The van der Waals surface area contributed by atoms with E-state index in [0.29, 0.717) is 17.1 Å². The molecule has 2 amide bonds. The number of hydrogen-bond acceptors (Lipinski definition) is 7. The number of carboxylic acids is 1. The molecule has 6 N–H and O–H groups in total. The molecule has 0 saturated heterocycles. The number of carboxylic acid groups (broad SMARTS) is 1. The molecule has 0 spiro atoms. The van der Waals surface area contributed by atoms with Gasteiger partial charge in [0.1, 0.15) is 17.5 Å². The van der Waals surface area contributed by atoms with Crippen LogP contribution in [0.5, 0.6) is 11.5 Å². The normalized spacial score (nSPS) is 14.6. The van der Waals surface area contributed by atoms with Crippen molar-refractivity contribution in [3.63, 3.8) is 0 Å². The number of aliphatic hydroxyl groups excluding tert-OH is 1. The molecule has 4 unspecified atom stereocenters. The highest BCUT2D eigenvalue weighted by molar-refractivity contribution is 5.90. The van der Waals surface area contributed by atoms with Crippen LogP contribution in [0.25, 0.3) is 0 Å². The fraction of sp³-hybridized carbons (Fsp3) is 0.423. The van der Waals surface area contributed by atoms with E-state index in [4.69, 9.17) is 20.3 Å². The average molecular weight is 556 g/mol. The van der Waals surface area contributed by atoms with Gasteiger partial charge >= 0.3 is 12.1 Å². The number of aliphatic hydroxyl groups is 1. The minimum absolute atomic E-state index is 0.0312. The number of hydrogen-bond donors (Lipinski definition) is 5. The van der Waals surface area contributed by atoms with Gasteiger partial charge in [-0.2, -0.15) is 13.2 Å².